The number of hydrogen-bond acceptors (Lipinski definition) is 4. The molecule has 5 heteroatoms. The lowest BCUT2D eigenvalue weighted by Crippen LogP contribution is -2.43. The second-order valence-electron chi connectivity index (χ2n) is 4.54. The number of piperidine rings is 1. The summed E-state index contributed by atoms with van der Waals surface area (Å²) in [4.78, 5) is 2.10. The Balaban J connectivity index is 2.20. The lowest BCUT2D eigenvalue weighted by molar-refractivity contribution is 0.272. The summed E-state index contributed by atoms with van der Waals surface area (Å²) >= 11 is 0. The molecular weight excluding hydrogens is 212 g/mol. The average molecular weight is 234 g/mol. The maximum atomic E-state index is 11.0. The van der Waals surface area contributed by atoms with Crippen LogP contribution in [0.15, 0.2) is 0 Å². The molecule has 4 nitrogen and oxygen atoms in total. The molecule has 0 bridgehead atoms. The smallest absolute Gasteiger partial charge is 0.148 e. The molecule has 1 fully saturated rings. The molecule has 0 aromatic heterocycles. The van der Waals surface area contributed by atoms with Crippen molar-refractivity contribution in [3.63, 3.8) is 0 Å². The fourth-order valence-electron chi connectivity index (χ4n) is 1.87. The van der Waals surface area contributed by atoms with Crippen LogP contribution in [-0.2, 0) is 9.84 Å². The highest BCUT2D eigenvalue weighted by Crippen LogP contribution is 2.07. The lowest BCUT2D eigenvalue weighted by Gasteiger charge is -2.27. The van der Waals surface area contributed by atoms with Gasteiger partial charge in [0, 0.05) is 25.4 Å². The molecule has 0 spiro atoms. The molecule has 90 valence electrons. The summed E-state index contributed by atoms with van der Waals surface area (Å²) in [5.74, 6) is 0.260. The van der Waals surface area contributed by atoms with Gasteiger partial charge < -0.3 is 10.2 Å². The van der Waals surface area contributed by atoms with Crippen LogP contribution < -0.4 is 5.32 Å². The van der Waals surface area contributed by atoms with Crippen molar-refractivity contribution < 1.29 is 8.42 Å². The van der Waals surface area contributed by atoms with Crippen LogP contribution in [0, 0.1) is 0 Å². The minimum Gasteiger partial charge on any atom is -0.313 e. The third-order valence-electron chi connectivity index (χ3n) is 2.79. The zero-order valence-electron chi connectivity index (χ0n) is 9.70. The quantitative estimate of drug-likeness (QED) is 0.733. The highest BCUT2D eigenvalue weighted by molar-refractivity contribution is 7.90. The molecule has 1 N–H and O–H groups in total. The maximum Gasteiger partial charge on any atom is 0.148 e. The summed E-state index contributed by atoms with van der Waals surface area (Å²) in [5, 5.41) is 3.46. The molecule has 1 atom stereocenters. The van der Waals surface area contributed by atoms with Gasteiger partial charge in [-0.25, -0.2) is 8.42 Å². The van der Waals surface area contributed by atoms with E-state index in [1.807, 2.05) is 7.05 Å². The Morgan fingerprint density at radius 3 is 2.67 bits per heavy atom. The fraction of sp³-hybridized carbons (Fsp3) is 1.00. The summed E-state index contributed by atoms with van der Waals surface area (Å²) < 4.78 is 22.0. The van der Waals surface area contributed by atoms with Gasteiger partial charge in [-0.2, -0.15) is 0 Å². The Kier molecular flexibility index (Phi) is 5.02. The van der Waals surface area contributed by atoms with Crippen LogP contribution >= 0.6 is 0 Å². The van der Waals surface area contributed by atoms with E-state index in [4.69, 9.17) is 0 Å². The Morgan fingerprint density at radius 1 is 1.40 bits per heavy atom. The van der Waals surface area contributed by atoms with Gasteiger partial charge >= 0.3 is 0 Å². The van der Waals surface area contributed by atoms with E-state index in [0.29, 0.717) is 12.6 Å². The summed E-state index contributed by atoms with van der Waals surface area (Å²) in [6, 6.07) is 0.545. The number of sulfone groups is 1. The van der Waals surface area contributed by atoms with Gasteiger partial charge in [-0.3, -0.25) is 0 Å². The molecule has 0 saturated carbocycles. The molecule has 0 aromatic carbocycles. The number of likely N-dealkylation sites (N-methyl/N-ethyl adjacent to an activating group) is 1. The molecule has 1 unspecified atom stereocenters. The summed E-state index contributed by atoms with van der Waals surface area (Å²) in [7, 11) is -0.835. The van der Waals surface area contributed by atoms with E-state index in [9.17, 15) is 8.42 Å². The third kappa shape index (κ3) is 6.12. The zero-order valence-corrected chi connectivity index (χ0v) is 10.5. The van der Waals surface area contributed by atoms with Gasteiger partial charge in [0.1, 0.15) is 9.84 Å². The van der Waals surface area contributed by atoms with Crippen molar-refractivity contribution in [3.8, 4) is 0 Å². The van der Waals surface area contributed by atoms with Crippen LogP contribution in [0.2, 0.25) is 0 Å². The molecule has 1 saturated heterocycles. The number of nitrogens with zero attached hydrogens (tertiary/aromatic N) is 1. The van der Waals surface area contributed by atoms with E-state index in [1.165, 1.54) is 25.5 Å². The van der Waals surface area contributed by atoms with E-state index in [-0.39, 0.29) is 5.75 Å². The van der Waals surface area contributed by atoms with Crippen LogP contribution in [0.3, 0.4) is 0 Å². The zero-order chi connectivity index (χ0) is 11.3. The van der Waals surface area contributed by atoms with E-state index in [2.05, 4.69) is 10.2 Å². The first-order chi connectivity index (χ1) is 6.97. The molecule has 1 aliphatic heterocycles. The van der Waals surface area contributed by atoms with E-state index >= 15 is 0 Å². The van der Waals surface area contributed by atoms with Crippen molar-refractivity contribution in [2.75, 3.05) is 38.7 Å². The van der Waals surface area contributed by atoms with Crippen molar-refractivity contribution in [2.24, 2.45) is 0 Å². The van der Waals surface area contributed by atoms with Crippen LogP contribution in [0.1, 0.15) is 19.3 Å². The van der Waals surface area contributed by atoms with Gasteiger partial charge in [0.2, 0.25) is 0 Å². The predicted octanol–water partition coefficient (Wildman–Crippen LogP) is 0.105. The summed E-state index contributed by atoms with van der Waals surface area (Å²) in [5.41, 5.74) is 0. The Labute approximate surface area is 93.0 Å². The van der Waals surface area contributed by atoms with Crippen molar-refractivity contribution in [1.29, 1.82) is 0 Å². The van der Waals surface area contributed by atoms with Gasteiger partial charge in [0.15, 0.2) is 0 Å². The Hall–Kier alpha value is -0.130. The van der Waals surface area contributed by atoms with E-state index in [1.54, 1.807) is 0 Å². The number of hydrogen-bond donors (Lipinski definition) is 1. The van der Waals surface area contributed by atoms with Gasteiger partial charge in [-0.1, -0.05) is 6.42 Å². The molecule has 1 rings (SSSR count). The third-order valence-corrected chi connectivity index (χ3v) is 3.71. The largest absolute Gasteiger partial charge is 0.313 e. The maximum absolute atomic E-state index is 11.0. The molecule has 15 heavy (non-hydrogen) atoms. The highest BCUT2D eigenvalue weighted by Gasteiger charge is 2.15. The highest BCUT2D eigenvalue weighted by atomic mass is 32.2. The van der Waals surface area contributed by atoms with Gasteiger partial charge in [-0.15, -0.1) is 0 Å². The van der Waals surface area contributed by atoms with Gasteiger partial charge in [-0.05, 0) is 26.4 Å². The molecule has 0 radical (unpaired) electrons. The first kappa shape index (κ1) is 12.9. The van der Waals surface area contributed by atoms with Gasteiger partial charge in [0.25, 0.3) is 0 Å². The normalized spacial score (nSPS) is 23.3. The standard InChI is InChI=1S/C10H22N2O2S/c1-12(7-8-15(2,13)14)9-10-5-3-4-6-11-10/h10-11H,3-9H2,1-2H3. The van der Waals surface area contributed by atoms with Crippen molar-refractivity contribution >= 4 is 9.84 Å². The fourth-order valence-corrected chi connectivity index (χ4v) is 2.51. The van der Waals surface area contributed by atoms with Crippen LogP contribution in [-0.4, -0.2) is 58.1 Å². The first-order valence-corrected chi connectivity index (χ1v) is 7.63. The Morgan fingerprint density at radius 2 is 2.13 bits per heavy atom. The second-order valence-corrected chi connectivity index (χ2v) is 6.80. The lowest BCUT2D eigenvalue weighted by atomic mass is 10.0. The van der Waals surface area contributed by atoms with Crippen LogP contribution in [0.4, 0.5) is 0 Å². The topological polar surface area (TPSA) is 49.4 Å². The van der Waals surface area contributed by atoms with Crippen molar-refractivity contribution in [1.82, 2.24) is 10.2 Å². The minimum absolute atomic E-state index is 0.260. The molecule has 0 aliphatic carbocycles. The average Bonchev–Trinajstić information content (AvgIpc) is 2.15. The van der Waals surface area contributed by atoms with E-state index in [0.717, 1.165) is 13.1 Å². The number of nitrogens with one attached hydrogen (secondary N) is 1. The first-order valence-electron chi connectivity index (χ1n) is 5.57. The summed E-state index contributed by atoms with van der Waals surface area (Å²) in [6.45, 7) is 2.69. The summed E-state index contributed by atoms with van der Waals surface area (Å²) in [6.07, 6.45) is 5.06. The van der Waals surface area contributed by atoms with Crippen LogP contribution in [0.5, 0.6) is 0 Å². The van der Waals surface area contributed by atoms with Crippen molar-refractivity contribution in [3.05, 3.63) is 0 Å². The molecular formula is C10H22N2O2S. The van der Waals surface area contributed by atoms with Crippen molar-refractivity contribution in [2.45, 2.75) is 25.3 Å². The predicted molar refractivity (Wildman–Crippen MR) is 62.8 cm³/mol. The molecule has 1 heterocycles. The molecule has 1 aliphatic rings. The van der Waals surface area contributed by atoms with Crippen LogP contribution in [0.25, 0.3) is 0 Å². The SMILES string of the molecule is CN(CCS(C)(=O)=O)CC1CCCCN1. The second kappa shape index (κ2) is 5.82. The van der Waals surface area contributed by atoms with E-state index < -0.39 is 9.84 Å². The number of rotatable bonds is 5. The minimum atomic E-state index is -2.82. The monoisotopic (exact) mass is 234 g/mol. The Bertz CT molecular complexity index is 271. The van der Waals surface area contributed by atoms with Gasteiger partial charge in [0.05, 0.1) is 5.75 Å². The molecule has 0 amide bonds. The molecule has 0 aromatic rings.